The highest BCUT2D eigenvalue weighted by Gasteiger charge is 2.25. The number of hydrogen-bond acceptors (Lipinski definition) is 0. The minimum absolute atomic E-state index is 1.18. The van der Waals surface area contributed by atoms with E-state index >= 15 is 0 Å². The molecule has 0 aromatic rings. The molecular weight excluding hydrogens is 127 g/mol. The Balaban J connectivity index is 1.99. The summed E-state index contributed by atoms with van der Waals surface area (Å²) in [4.78, 5) is 0. The van der Waals surface area contributed by atoms with Gasteiger partial charge in [0.05, 0.1) is 0 Å². The first kappa shape index (κ1) is 6.16. The molecule has 0 amide bonds. The van der Waals surface area contributed by atoms with Crippen molar-refractivity contribution in [2.24, 2.45) is 0 Å². The van der Waals surface area contributed by atoms with E-state index in [4.69, 9.17) is 0 Å². The van der Waals surface area contributed by atoms with E-state index in [-0.39, 0.29) is 0 Å². The highest BCUT2D eigenvalue weighted by Crippen LogP contribution is 2.46. The van der Waals surface area contributed by atoms with E-state index in [1.54, 1.807) is 25.7 Å². The third-order valence-electron chi connectivity index (χ3n) is 2.69. The fraction of sp³-hybridized carbons (Fsp3) is 1.00. The maximum absolute atomic E-state index is 1.57. The van der Waals surface area contributed by atoms with Gasteiger partial charge in [0.1, 0.15) is 0 Å². The molecule has 2 fully saturated rings. The summed E-state index contributed by atoms with van der Waals surface area (Å²) < 4.78 is 0. The molecule has 2 aliphatic heterocycles. The molecule has 1 unspecified atom stereocenters. The summed E-state index contributed by atoms with van der Waals surface area (Å²) in [5.74, 6) is 0. The maximum atomic E-state index is 1.57. The number of fused-ring (bicyclic) bond motifs is 2. The molecule has 2 heterocycles. The Morgan fingerprint density at radius 3 is 1.89 bits per heavy atom. The van der Waals surface area contributed by atoms with Crippen LogP contribution in [-0.2, 0) is 0 Å². The van der Waals surface area contributed by atoms with Gasteiger partial charge in [-0.15, -0.1) is 8.58 Å². The SMILES string of the molecule is C1CC[C@H]2CC[C@@H](C1)P2. The molecule has 3 atom stereocenters. The topological polar surface area (TPSA) is 0 Å². The zero-order valence-corrected chi connectivity index (χ0v) is 6.90. The van der Waals surface area contributed by atoms with Crippen LogP contribution in [0.1, 0.15) is 38.5 Å². The van der Waals surface area contributed by atoms with Gasteiger partial charge in [0.15, 0.2) is 0 Å². The first-order valence-electron chi connectivity index (χ1n) is 4.21. The van der Waals surface area contributed by atoms with Crippen molar-refractivity contribution in [2.75, 3.05) is 0 Å². The fourth-order valence-corrected chi connectivity index (χ4v) is 4.21. The lowest BCUT2D eigenvalue weighted by molar-refractivity contribution is 0.556. The Labute approximate surface area is 59.2 Å². The lowest BCUT2D eigenvalue weighted by Crippen LogP contribution is -1.95. The van der Waals surface area contributed by atoms with Gasteiger partial charge in [-0.25, -0.2) is 0 Å². The lowest BCUT2D eigenvalue weighted by atomic mass is 10.0. The van der Waals surface area contributed by atoms with Crippen molar-refractivity contribution < 1.29 is 0 Å². The number of hydrogen-bond donors (Lipinski definition) is 0. The van der Waals surface area contributed by atoms with Crippen molar-refractivity contribution in [1.29, 1.82) is 0 Å². The van der Waals surface area contributed by atoms with Crippen LogP contribution in [0.15, 0.2) is 0 Å². The molecule has 52 valence electrons. The first-order valence-corrected chi connectivity index (χ1v) is 5.37. The van der Waals surface area contributed by atoms with Gasteiger partial charge in [-0.05, 0) is 37.0 Å². The van der Waals surface area contributed by atoms with Crippen LogP contribution >= 0.6 is 8.58 Å². The Hall–Kier alpha value is 0.430. The average Bonchev–Trinajstić information content (AvgIpc) is 2.09. The molecule has 0 N–H and O–H groups in total. The molecule has 2 rings (SSSR count). The second-order valence-electron chi connectivity index (χ2n) is 3.42. The van der Waals surface area contributed by atoms with Crippen LogP contribution in [0.25, 0.3) is 0 Å². The average molecular weight is 142 g/mol. The predicted molar refractivity (Wildman–Crippen MR) is 43.6 cm³/mol. The molecule has 0 spiro atoms. The highest BCUT2D eigenvalue weighted by molar-refractivity contribution is 7.40. The summed E-state index contributed by atoms with van der Waals surface area (Å²) in [7, 11) is 1.35. The third kappa shape index (κ3) is 1.29. The second kappa shape index (κ2) is 2.58. The van der Waals surface area contributed by atoms with E-state index in [0.717, 1.165) is 0 Å². The van der Waals surface area contributed by atoms with E-state index < -0.39 is 0 Å². The van der Waals surface area contributed by atoms with Crippen LogP contribution < -0.4 is 0 Å². The molecule has 2 aliphatic rings. The predicted octanol–water partition coefficient (Wildman–Crippen LogP) is 2.77. The van der Waals surface area contributed by atoms with Crippen molar-refractivity contribution in [3.05, 3.63) is 0 Å². The van der Waals surface area contributed by atoms with Crippen LogP contribution in [0, 0.1) is 0 Å². The minimum atomic E-state index is 1.18. The van der Waals surface area contributed by atoms with Gasteiger partial charge < -0.3 is 0 Å². The summed E-state index contributed by atoms with van der Waals surface area (Å²) in [5.41, 5.74) is 2.36. The van der Waals surface area contributed by atoms with Gasteiger partial charge >= 0.3 is 0 Å². The molecule has 0 aromatic heterocycles. The molecule has 0 radical (unpaired) electrons. The normalized spacial score (nSPS) is 45.3. The third-order valence-corrected chi connectivity index (χ3v) is 4.79. The van der Waals surface area contributed by atoms with Gasteiger partial charge in [0.2, 0.25) is 0 Å². The molecule has 2 saturated heterocycles. The van der Waals surface area contributed by atoms with Crippen LogP contribution in [0.3, 0.4) is 0 Å². The molecule has 9 heavy (non-hydrogen) atoms. The fourth-order valence-electron chi connectivity index (χ4n) is 2.14. The molecule has 0 saturated carbocycles. The lowest BCUT2D eigenvalue weighted by Gasteiger charge is -2.04. The molecule has 0 aliphatic carbocycles. The van der Waals surface area contributed by atoms with E-state index in [2.05, 4.69) is 0 Å². The van der Waals surface area contributed by atoms with Crippen LogP contribution in [0.5, 0.6) is 0 Å². The standard InChI is InChI=1S/C8H15P/c1-2-4-8-6-5-7(3-1)9-8/h7-9H,1-6H2/t7-,8+. The van der Waals surface area contributed by atoms with E-state index in [9.17, 15) is 0 Å². The molecule has 2 bridgehead atoms. The summed E-state index contributed by atoms with van der Waals surface area (Å²) in [6.45, 7) is 0. The first-order chi connectivity index (χ1) is 4.45. The molecule has 0 aromatic carbocycles. The zero-order chi connectivity index (χ0) is 6.10. The second-order valence-corrected chi connectivity index (χ2v) is 5.39. The highest BCUT2D eigenvalue weighted by atomic mass is 31.1. The Bertz CT molecular complexity index is 88.7. The Morgan fingerprint density at radius 1 is 0.778 bits per heavy atom. The van der Waals surface area contributed by atoms with Gasteiger partial charge in [0.25, 0.3) is 0 Å². The Morgan fingerprint density at radius 2 is 1.33 bits per heavy atom. The van der Waals surface area contributed by atoms with Gasteiger partial charge in [0, 0.05) is 0 Å². The van der Waals surface area contributed by atoms with Gasteiger partial charge in [-0.3, -0.25) is 0 Å². The quantitative estimate of drug-likeness (QED) is 0.456. The summed E-state index contributed by atoms with van der Waals surface area (Å²) in [5, 5.41) is 0. The molecular formula is C8H15P. The minimum Gasteiger partial charge on any atom is -0.116 e. The van der Waals surface area contributed by atoms with Crippen molar-refractivity contribution >= 4 is 8.58 Å². The Kier molecular flexibility index (Phi) is 1.77. The van der Waals surface area contributed by atoms with Crippen LogP contribution in [-0.4, -0.2) is 11.3 Å². The van der Waals surface area contributed by atoms with Crippen molar-refractivity contribution in [1.82, 2.24) is 0 Å². The molecule has 0 nitrogen and oxygen atoms in total. The largest absolute Gasteiger partial charge is 0.116 e. The van der Waals surface area contributed by atoms with Gasteiger partial charge in [-0.1, -0.05) is 12.8 Å². The summed E-state index contributed by atoms with van der Waals surface area (Å²) >= 11 is 0. The zero-order valence-electron chi connectivity index (χ0n) is 5.90. The van der Waals surface area contributed by atoms with Crippen molar-refractivity contribution in [2.45, 2.75) is 49.8 Å². The summed E-state index contributed by atoms with van der Waals surface area (Å²) in [6, 6.07) is 0. The maximum Gasteiger partial charge on any atom is -0.0234 e. The van der Waals surface area contributed by atoms with Crippen LogP contribution in [0.4, 0.5) is 0 Å². The van der Waals surface area contributed by atoms with Crippen molar-refractivity contribution in [3.8, 4) is 0 Å². The van der Waals surface area contributed by atoms with Crippen molar-refractivity contribution in [3.63, 3.8) is 0 Å². The van der Waals surface area contributed by atoms with E-state index in [1.165, 1.54) is 32.7 Å². The van der Waals surface area contributed by atoms with E-state index in [1.807, 2.05) is 0 Å². The van der Waals surface area contributed by atoms with Gasteiger partial charge in [-0.2, -0.15) is 0 Å². The molecule has 1 heteroatoms. The monoisotopic (exact) mass is 142 g/mol. The number of rotatable bonds is 0. The van der Waals surface area contributed by atoms with E-state index in [0.29, 0.717) is 0 Å². The smallest absolute Gasteiger partial charge is 0.0234 e. The summed E-state index contributed by atoms with van der Waals surface area (Å²) in [6.07, 6.45) is 9.35. The van der Waals surface area contributed by atoms with Crippen LogP contribution in [0.2, 0.25) is 0 Å².